The average molecular weight is 434 g/mol. The molecule has 1 aliphatic carbocycles. The number of thiazole rings is 1. The summed E-state index contributed by atoms with van der Waals surface area (Å²) in [6.07, 6.45) is 2.16. The van der Waals surface area contributed by atoms with Crippen LogP contribution in [0.25, 0.3) is 9.88 Å². The lowest BCUT2D eigenvalue weighted by atomic mass is 10.3. The van der Waals surface area contributed by atoms with Gasteiger partial charge in [-0.3, -0.25) is 4.79 Å². The summed E-state index contributed by atoms with van der Waals surface area (Å²) >= 11 is 2.93. The van der Waals surface area contributed by atoms with Gasteiger partial charge in [-0.05, 0) is 61.4 Å². The second-order valence-electron chi connectivity index (χ2n) is 6.68. The second kappa shape index (κ2) is 7.75. The number of carbonyl (C=O) groups is 1. The molecule has 2 aromatic heterocycles. The fourth-order valence-electron chi connectivity index (χ4n) is 2.65. The van der Waals surface area contributed by atoms with E-state index in [1.165, 1.54) is 23.5 Å². The van der Waals surface area contributed by atoms with Crippen LogP contribution >= 0.6 is 22.7 Å². The molecule has 1 aromatic carbocycles. The van der Waals surface area contributed by atoms with Gasteiger partial charge in [0.05, 0.1) is 15.5 Å². The van der Waals surface area contributed by atoms with Crippen molar-refractivity contribution in [2.75, 3.05) is 11.9 Å². The van der Waals surface area contributed by atoms with E-state index in [4.69, 9.17) is 0 Å². The maximum Gasteiger partial charge on any atom is 0.267 e. The third-order valence-corrected chi connectivity index (χ3v) is 8.05. The number of hydrogen-bond acceptors (Lipinski definition) is 6. The molecule has 0 aliphatic heterocycles. The van der Waals surface area contributed by atoms with Crippen LogP contribution in [0, 0.1) is 12.8 Å². The smallest absolute Gasteiger partial charge is 0.267 e. The van der Waals surface area contributed by atoms with E-state index in [1.807, 2.05) is 24.4 Å². The molecule has 4 rings (SSSR count). The van der Waals surface area contributed by atoms with Crippen LogP contribution in [0.3, 0.4) is 0 Å². The van der Waals surface area contributed by atoms with Gasteiger partial charge in [0.15, 0.2) is 0 Å². The minimum Gasteiger partial charge on any atom is -0.321 e. The van der Waals surface area contributed by atoms with Crippen LogP contribution in [0.4, 0.5) is 5.69 Å². The summed E-state index contributed by atoms with van der Waals surface area (Å²) in [5.41, 5.74) is 1.21. The van der Waals surface area contributed by atoms with E-state index in [-0.39, 0.29) is 10.8 Å². The normalized spacial score (nSPS) is 14.2. The predicted octanol–water partition coefficient (Wildman–Crippen LogP) is 4.12. The first-order valence-corrected chi connectivity index (χ1v) is 12.0. The standard InChI is InChI=1S/C19H19N3O3S3/c1-12-17(27-19(21-12)16-3-2-10-26-16)18(23)22-14-6-8-15(9-7-14)28(24,25)20-11-13-4-5-13/h2-3,6-10,13,20H,4-5,11H2,1H3,(H,22,23). The zero-order chi connectivity index (χ0) is 19.7. The van der Waals surface area contributed by atoms with Crippen molar-refractivity contribution in [2.45, 2.75) is 24.7 Å². The van der Waals surface area contributed by atoms with E-state index >= 15 is 0 Å². The van der Waals surface area contributed by atoms with Crippen molar-refractivity contribution in [3.05, 3.63) is 52.3 Å². The number of nitrogens with zero attached hydrogens (tertiary/aromatic N) is 1. The van der Waals surface area contributed by atoms with Crippen LogP contribution in [0.5, 0.6) is 0 Å². The molecular formula is C19H19N3O3S3. The molecule has 146 valence electrons. The molecular weight excluding hydrogens is 414 g/mol. The van der Waals surface area contributed by atoms with Crippen molar-refractivity contribution in [3.8, 4) is 9.88 Å². The van der Waals surface area contributed by atoms with E-state index < -0.39 is 10.0 Å². The van der Waals surface area contributed by atoms with Crippen molar-refractivity contribution in [2.24, 2.45) is 5.92 Å². The molecule has 0 spiro atoms. The van der Waals surface area contributed by atoms with E-state index in [1.54, 1.807) is 23.5 Å². The van der Waals surface area contributed by atoms with Gasteiger partial charge < -0.3 is 5.32 Å². The van der Waals surface area contributed by atoms with Crippen molar-refractivity contribution in [1.82, 2.24) is 9.71 Å². The second-order valence-corrected chi connectivity index (χ2v) is 10.4. The Bertz CT molecular complexity index is 1080. The number of nitrogens with one attached hydrogen (secondary N) is 2. The van der Waals surface area contributed by atoms with Gasteiger partial charge in [-0.15, -0.1) is 22.7 Å². The molecule has 0 saturated heterocycles. The highest BCUT2D eigenvalue weighted by atomic mass is 32.2. The number of benzene rings is 1. The predicted molar refractivity (Wildman–Crippen MR) is 112 cm³/mol. The maximum absolute atomic E-state index is 12.6. The number of rotatable bonds is 7. The molecule has 2 N–H and O–H groups in total. The van der Waals surface area contributed by atoms with Crippen molar-refractivity contribution >= 4 is 44.3 Å². The Labute approximate surface area is 171 Å². The van der Waals surface area contributed by atoms with Gasteiger partial charge >= 0.3 is 0 Å². The third kappa shape index (κ3) is 4.33. The molecule has 6 nitrogen and oxygen atoms in total. The first kappa shape index (κ1) is 19.3. The summed E-state index contributed by atoms with van der Waals surface area (Å²) in [7, 11) is -3.51. The van der Waals surface area contributed by atoms with Gasteiger partial charge in [0.2, 0.25) is 10.0 Å². The highest BCUT2D eigenvalue weighted by Crippen LogP contribution is 2.31. The summed E-state index contributed by atoms with van der Waals surface area (Å²) in [5.74, 6) is 0.218. The molecule has 28 heavy (non-hydrogen) atoms. The quantitative estimate of drug-likeness (QED) is 0.587. The molecule has 0 radical (unpaired) electrons. The molecule has 3 aromatic rings. The Morgan fingerprint density at radius 2 is 1.96 bits per heavy atom. The topological polar surface area (TPSA) is 88.2 Å². The molecule has 1 amide bonds. The average Bonchev–Trinajstić information content (AvgIpc) is 3.18. The molecule has 1 aliphatic rings. The highest BCUT2D eigenvalue weighted by Gasteiger charge is 2.24. The molecule has 2 heterocycles. The zero-order valence-electron chi connectivity index (χ0n) is 15.1. The van der Waals surface area contributed by atoms with E-state index in [9.17, 15) is 13.2 Å². The summed E-state index contributed by atoms with van der Waals surface area (Å²) in [6, 6.07) is 10.1. The van der Waals surface area contributed by atoms with Crippen LogP contribution in [-0.2, 0) is 10.0 Å². The monoisotopic (exact) mass is 433 g/mol. The number of carbonyl (C=O) groups excluding carboxylic acids is 1. The fraction of sp³-hybridized carbons (Fsp3) is 0.263. The summed E-state index contributed by atoms with van der Waals surface area (Å²) in [6.45, 7) is 2.29. The first-order valence-electron chi connectivity index (χ1n) is 8.85. The molecule has 0 bridgehead atoms. The molecule has 0 unspecified atom stereocenters. The number of sulfonamides is 1. The van der Waals surface area contributed by atoms with Gasteiger partial charge in [0, 0.05) is 12.2 Å². The first-order chi connectivity index (χ1) is 13.4. The van der Waals surface area contributed by atoms with Crippen molar-refractivity contribution in [1.29, 1.82) is 0 Å². The largest absolute Gasteiger partial charge is 0.321 e. The van der Waals surface area contributed by atoms with Gasteiger partial charge in [0.1, 0.15) is 9.88 Å². The Morgan fingerprint density at radius 1 is 1.21 bits per heavy atom. The van der Waals surface area contributed by atoms with Gasteiger partial charge in [0.25, 0.3) is 5.91 Å². The number of thiophene rings is 1. The highest BCUT2D eigenvalue weighted by molar-refractivity contribution is 7.89. The van der Waals surface area contributed by atoms with E-state index in [0.29, 0.717) is 28.7 Å². The van der Waals surface area contributed by atoms with Gasteiger partial charge in [-0.25, -0.2) is 18.1 Å². The van der Waals surface area contributed by atoms with Crippen LogP contribution in [0.2, 0.25) is 0 Å². The Kier molecular flexibility index (Phi) is 5.33. The van der Waals surface area contributed by atoms with Crippen molar-refractivity contribution in [3.63, 3.8) is 0 Å². The van der Waals surface area contributed by atoms with Gasteiger partial charge in [-0.1, -0.05) is 6.07 Å². The van der Waals surface area contributed by atoms with Crippen molar-refractivity contribution < 1.29 is 13.2 Å². The molecule has 1 saturated carbocycles. The summed E-state index contributed by atoms with van der Waals surface area (Å²) < 4.78 is 27.2. The van der Waals surface area contributed by atoms with E-state index in [2.05, 4.69) is 15.0 Å². The molecule has 9 heteroatoms. The van der Waals surface area contributed by atoms with Crippen LogP contribution < -0.4 is 10.0 Å². The SMILES string of the molecule is Cc1nc(-c2cccs2)sc1C(=O)Nc1ccc(S(=O)(=O)NCC2CC2)cc1. The Hall–Kier alpha value is -2.07. The Balaban J connectivity index is 1.45. The zero-order valence-corrected chi connectivity index (χ0v) is 17.6. The minimum absolute atomic E-state index is 0.195. The van der Waals surface area contributed by atoms with Crippen LogP contribution in [0.1, 0.15) is 28.2 Å². The number of anilines is 1. The van der Waals surface area contributed by atoms with E-state index in [0.717, 1.165) is 22.7 Å². The number of aromatic nitrogens is 1. The van der Waals surface area contributed by atoms with Crippen LogP contribution in [-0.4, -0.2) is 25.9 Å². The number of hydrogen-bond donors (Lipinski definition) is 2. The number of amides is 1. The lowest BCUT2D eigenvalue weighted by Crippen LogP contribution is -2.25. The molecule has 0 atom stereocenters. The number of aryl methyl sites for hydroxylation is 1. The third-order valence-electron chi connectivity index (χ3n) is 4.42. The summed E-state index contributed by atoms with van der Waals surface area (Å²) in [4.78, 5) is 18.9. The lowest BCUT2D eigenvalue weighted by Gasteiger charge is -2.08. The Morgan fingerprint density at radius 3 is 2.61 bits per heavy atom. The lowest BCUT2D eigenvalue weighted by molar-refractivity contribution is 0.103. The fourth-order valence-corrected chi connectivity index (χ4v) is 5.53. The molecule has 1 fully saturated rings. The minimum atomic E-state index is -3.51. The van der Waals surface area contributed by atoms with Crippen LogP contribution in [0.15, 0.2) is 46.7 Å². The van der Waals surface area contributed by atoms with Gasteiger partial charge in [-0.2, -0.15) is 0 Å². The summed E-state index contributed by atoms with van der Waals surface area (Å²) in [5, 5.41) is 5.61. The maximum atomic E-state index is 12.6.